The largest absolute Gasteiger partial charge is 0.464 e. The second-order valence-electron chi connectivity index (χ2n) is 13.7. The maximum Gasteiger partial charge on any atom is 0.307 e. The SMILES string of the molecule is CC(=O)N[C@@H]1[C@@H](O)[C@H](O)CO[C@]1(CO)OCCCCC(=O)NCCCNCCC(=O)OCCNC(=O)CCCCCCCCCCCN1C(=O)C=CC1=O. The first-order chi connectivity index (χ1) is 26.0. The number of hydrogen-bond acceptors (Lipinski definition) is 13. The Labute approximate surface area is 318 Å². The summed E-state index contributed by atoms with van der Waals surface area (Å²) in [5.41, 5.74) is 0. The highest BCUT2D eigenvalue weighted by Crippen LogP contribution is 2.28. The number of imide groups is 1. The topological polar surface area (TPSA) is 242 Å². The van der Waals surface area contributed by atoms with Crippen molar-refractivity contribution in [2.45, 2.75) is 127 Å². The van der Waals surface area contributed by atoms with Gasteiger partial charge in [-0.25, -0.2) is 0 Å². The van der Waals surface area contributed by atoms with Crippen LogP contribution >= 0.6 is 0 Å². The zero-order valence-electron chi connectivity index (χ0n) is 31.8. The van der Waals surface area contributed by atoms with Crippen LogP contribution in [-0.4, -0.2) is 139 Å². The molecule has 0 unspecified atom stereocenters. The van der Waals surface area contributed by atoms with Gasteiger partial charge in [0.15, 0.2) is 0 Å². The number of nitrogens with zero attached hydrogens (tertiary/aromatic N) is 1. The zero-order chi connectivity index (χ0) is 39.6. The van der Waals surface area contributed by atoms with Crippen molar-refractivity contribution in [2.24, 2.45) is 0 Å². The van der Waals surface area contributed by atoms with Gasteiger partial charge in [-0.1, -0.05) is 44.9 Å². The summed E-state index contributed by atoms with van der Waals surface area (Å²) >= 11 is 0. The molecule has 1 fully saturated rings. The Morgan fingerprint density at radius 2 is 1.37 bits per heavy atom. The van der Waals surface area contributed by atoms with Crippen LogP contribution in [0.2, 0.25) is 0 Å². The van der Waals surface area contributed by atoms with E-state index in [9.17, 15) is 44.1 Å². The molecule has 0 aromatic carbocycles. The van der Waals surface area contributed by atoms with Gasteiger partial charge in [0.05, 0.1) is 32.8 Å². The minimum absolute atomic E-state index is 0.0543. The molecule has 2 rings (SSSR count). The van der Waals surface area contributed by atoms with Crippen molar-refractivity contribution in [1.29, 1.82) is 0 Å². The average molecular weight is 770 g/mol. The van der Waals surface area contributed by atoms with Crippen LogP contribution in [0, 0.1) is 0 Å². The Morgan fingerprint density at radius 1 is 0.778 bits per heavy atom. The second-order valence-corrected chi connectivity index (χ2v) is 13.7. The van der Waals surface area contributed by atoms with Gasteiger partial charge in [-0.2, -0.15) is 0 Å². The molecule has 2 aliphatic rings. The van der Waals surface area contributed by atoms with Gasteiger partial charge < -0.3 is 50.8 Å². The second kappa shape index (κ2) is 27.2. The lowest BCUT2D eigenvalue weighted by Gasteiger charge is -2.46. The van der Waals surface area contributed by atoms with Crippen LogP contribution in [0.3, 0.4) is 0 Å². The van der Waals surface area contributed by atoms with Crippen molar-refractivity contribution in [3.05, 3.63) is 12.2 Å². The van der Waals surface area contributed by atoms with Crippen LogP contribution in [0.1, 0.15) is 103 Å². The van der Waals surface area contributed by atoms with Crippen LogP contribution in [0.4, 0.5) is 0 Å². The lowest BCUT2D eigenvalue weighted by Crippen LogP contribution is -2.69. The molecule has 0 bridgehead atoms. The summed E-state index contributed by atoms with van der Waals surface area (Å²) in [4.78, 5) is 72.0. The van der Waals surface area contributed by atoms with Crippen LogP contribution in [0.5, 0.6) is 0 Å². The molecule has 1 saturated heterocycles. The first-order valence-corrected chi connectivity index (χ1v) is 19.4. The summed E-state index contributed by atoms with van der Waals surface area (Å²) in [6.07, 6.45) is 11.6. The summed E-state index contributed by atoms with van der Waals surface area (Å²) < 4.78 is 16.4. The third-order valence-corrected chi connectivity index (χ3v) is 9.16. The number of ether oxygens (including phenoxy) is 3. The zero-order valence-corrected chi connectivity index (χ0v) is 31.8. The fraction of sp³-hybridized carbons (Fsp3) is 0.784. The van der Waals surface area contributed by atoms with E-state index in [1.807, 2.05) is 0 Å². The number of rotatable bonds is 30. The fourth-order valence-corrected chi connectivity index (χ4v) is 6.07. The number of amides is 5. The summed E-state index contributed by atoms with van der Waals surface area (Å²) in [5, 5.41) is 41.3. The van der Waals surface area contributed by atoms with Crippen molar-refractivity contribution in [3.8, 4) is 0 Å². The van der Waals surface area contributed by atoms with E-state index in [-0.39, 0.29) is 68.8 Å². The van der Waals surface area contributed by atoms with E-state index < -0.39 is 36.6 Å². The Morgan fingerprint density at radius 3 is 2.00 bits per heavy atom. The summed E-state index contributed by atoms with van der Waals surface area (Å²) in [7, 11) is 0. The minimum atomic E-state index is -1.71. The van der Waals surface area contributed by atoms with Crippen molar-refractivity contribution in [1.82, 2.24) is 26.2 Å². The molecule has 4 atom stereocenters. The lowest BCUT2D eigenvalue weighted by atomic mass is 9.94. The van der Waals surface area contributed by atoms with E-state index in [0.717, 1.165) is 57.8 Å². The molecular formula is C37H63N5O12. The molecule has 17 nitrogen and oxygen atoms in total. The maximum absolute atomic E-state index is 12.2. The number of esters is 1. The van der Waals surface area contributed by atoms with Crippen LogP contribution in [0.25, 0.3) is 0 Å². The first-order valence-electron chi connectivity index (χ1n) is 19.4. The molecule has 0 aromatic rings. The molecule has 0 spiro atoms. The third-order valence-electron chi connectivity index (χ3n) is 9.16. The number of aliphatic hydroxyl groups excluding tert-OH is 3. The summed E-state index contributed by atoms with van der Waals surface area (Å²) in [6, 6.07) is -1.17. The molecule has 54 heavy (non-hydrogen) atoms. The molecular weight excluding hydrogens is 706 g/mol. The number of hydrogen-bond donors (Lipinski definition) is 7. The number of nitrogens with one attached hydrogen (secondary N) is 4. The van der Waals surface area contributed by atoms with E-state index in [0.29, 0.717) is 51.9 Å². The average Bonchev–Trinajstić information content (AvgIpc) is 3.46. The van der Waals surface area contributed by atoms with Crippen molar-refractivity contribution >= 4 is 35.5 Å². The maximum atomic E-state index is 12.2. The standard InChI is InChI=1S/C37H63N5O12/c1-28(44)41-36-35(51)29(45)26-54-37(36,27-43)53-24-12-10-15-30(46)39-20-13-19-38-21-18-34(50)52-25-22-40-31(47)14-9-7-5-3-2-4-6-8-11-23-42-32(48)16-17-33(42)49/h16-17,29,35-36,38,43,45,51H,2-15,18-27H2,1H3,(H,39,46)(H,40,47)(H,41,44)/t29-,35+,36-,37+/m1/s1. The molecule has 2 heterocycles. The van der Waals surface area contributed by atoms with Gasteiger partial charge >= 0.3 is 5.97 Å². The number of aliphatic hydroxyl groups is 3. The van der Waals surface area contributed by atoms with Crippen molar-refractivity contribution in [2.75, 3.05) is 59.2 Å². The molecule has 0 aliphatic carbocycles. The Bertz CT molecular complexity index is 1190. The summed E-state index contributed by atoms with van der Waals surface area (Å²) in [5.74, 6) is -3.17. The van der Waals surface area contributed by atoms with Gasteiger partial charge in [0.2, 0.25) is 23.5 Å². The predicted octanol–water partition coefficient (Wildman–Crippen LogP) is 0.0900. The van der Waals surface area contributed by atoms with Crippen molar-refractivity contribution < 1.29 is 58.3 Å². The number of carbonyl (C=O) groups excluding carboxylic acids is 6. The molecule has 5 amide bonds. The van der Waals surface area contributed by atoms with Crippen molar-refractivity contribution in [3.63, 3.8) is 0 Å². The Balaban J connectivity index is 1.34. The molecule has 17 heteroatoms. The van der Waals surface area contributed by atoms with E-state index >= 15 is 0 Å². The molecule has 7 N–H and O–H groups in total. The van der Waals surface area contributed by atoms with Gasteiger partial charge in [0.25, 0.3) is 11.8 Å². The van der Waals surface area contributed by atoms with E-state index in [4.69, 9.17) is 14.2 Å². The van der Waals surface area contributed by atoms with E-state index in [2.05, 4.69) is 21.3 Å². The van der Waals surface area contributed by atoms with Gasteiger partial charge in [-0.05, 0) is 38.6 Å². The highest BCUT2D eigenvalue weighted by molar-refractivity contribution is 6.12. The molecule has 308 valence electrons. The first kappa shape index (κ1) is 46.7. The fourth-order valence-electron chi connectivity index (χ4n) is 6.07. The van der Waals surface area contributed by atoms with Gasteiger partial charge in [0, 0.05) is 51.6 Å². The normalized spacial score (nSPS) is 21.0. The highest BCUT2D eigenvalue weighted by atomic mass is 16.7. The number of unbranched alkanes of at least 4 members (excludes halogenated alkanes) is 9. The van der Waals surface area contributed by atoms with Crippen LogP contribution in [-0.2, 0) is 43.0 Å². The van der Waals surface area contributed by atoms with Crippen LogP contribution < -0.4 is 21.3 Å². The Kier molecular flexibility index (Phi) is 23.5. The quantitative estimate of drug-likeness (QED) is 0.0292. The molecule has 2 aliphatic heterocycles. The lowest BCUT2D eigenvalue weighted by molar-refractivity contribution is -0.317. The predicted molar refractivity (Wildman–Crippen MR) is 196 cm³/mol. The monoisotopic (exact) mass is 769 g/mol. The number of carbonyl (C=O) groups is 6. The smallest absolute Gasteiger partial charge is 0.307 e. The van der Waals surface area contributed by atoms with Crippen LogP contribution in [0.15, 0.2) is 12.2 Å². The van der Waals surface area contributed by atoms with Gasteiger partial charge in [-0.3, -0.25) is 33.7 Å². The van der Waals surface area contributed by atoms with Gasteiger partial charge in [-0.15, -0.1) is 0 Å². The van der Waals surface area contributed by atoms with E-state index in [1.165, 1.54) is 24.0 Å². The van der Waals surface area contributed by atoms with Gasteiger partial charge in [0.1, 0.15) is 24.9 Å². The molecule has 0 saturated carbocycles. The highest BCUT2D eigenvalue weighted by Gasteiger charge is 2.51. The summed E-state index contributed by atoms with van der Waals surface area (Å²) in [6.45, 7) is 2.77. The third kappa shape index (κ3) is 18.7. The molecule has 0 radical (unpaired) electrons. The molecule has 0 aromatic heterocycles. The Hall–Kier alpha value is -3.48. The minimum Gasteiger partial charge on any atom is -0.464 e. The van der Waals surface area contributed by atoms with E-state index in [1.54, 1.807) is 0 Å².